The standard InChI is InChI=1S/C20H19ClN6O/c1-12(28)26-6-8-27(9-7-26)14-3-5-16-18(11-14)23-20(22-16)19-15-4-2-13(21)10-17(15)24-25-19/h2-5,10-11H,6-9H2,1H3,(H,22,23)(H,24,25). The third-order valence-corrected chi connectivity index (χ3v) is 5.54. The molecule has 5 rings (SSSR count). The molecule has 1 saturated heterocycles. The molecule has 1 aliphatic heterocycles. The number of benzene rings is 2. The normalized spacial score (nSPS) is 14.9. The first-order valence-electron chi connectivity index (χ1n) is 9.23. The van der Waals surface area contributed by atoms with Gasteiger partial charge in [-0.1, -0.05) is 11.6 Å². The Labute approximate surface area is 166 Å². The summed E-state index contributed by atoms with van der Waals surface area (Å²) in [5.41, 5.74) is 4.65. The van der Waals surface area contributed by atoms with Crippen LogP contribution < -0.4 is 4.90 Å². The van der Waals surface area contributed by atoms with Crippen LogP contribution in [0, 0.1) is 0 Å². The Bertz CT molecular complexity index is 1190. The molecular weight excluding hydrogens is 376 g/mol. The lowest BCUT2D eigenvalue weighted by Gasteiger charge is -2.35. The van der Waals surface area contributed by atoms with E-state index in [-0.39, 0.29) is 5.91 Å². The minimum Gasteiger partial charge on any atom is -0.368 e. The predicted octanol–water partition coefficient (Wildman–Crippen LogP) is 3.43. The van der Waals surface area contributed by atoms with E-state index >= 15 is 0 Å². The highest BCUT2D eigenvalue weighted by atomic mass is 35.5. The monoisotopic (exact) mass is 394 g/mol. The fraction of sp³-hybridized carbons (Fsp3) is 0.250. The van der Waals surface area contributed by atoms with E-state index in [1.54, 1.807) is 6.92 Å². The number of rotatable bonds is 2. The fourth-order valence-electron chi connectivity index (χ4n) is 3.76. The summed E-state index contributed by atoms with van der Waals surface area (Å²) in [6.07, 6.45) is 0. The van der Waals surface area contributed by atoms with Gasteiger partial charge in [-0.15, -0.1) is 0 Å². The van der Waals surface area contributed by atoms with Crippen LogP contribution in [0.3, 0.4) is 0 Å². The lowest BCUT2D eigenvalue weighted by Crippen LogP contribution is -2.48. The first-order valence-corrected chi connectivity index (χ1v) is 9.60. The molecule has 0 aliphatic carbocycles. The molecule has 142 valence electrons. The van der Waals surface area contributed by atoms with Crippen molar-refractivity contribution in [2.45, 2.75) is 6.92 Å². The summed E-state index contributed by atoms with van der Waals surface area (Å²) in [7, 11) is 0. The number of hydrogen-bond acceptors (Lipinski definition) is 4. The highest BCUT2D eigenvalue weighted by Crippen LogP contribution is 2.29. The van der Waals surface area contributed by atoms with Gasteiger partial charge in [0.2, 0.25) is 5.91 Å². The number of carbonyl (C=O) groups is 1. The first kappa shape index (κ1) is 17.1. The Hall–Kier alpha value is -3.06. The maximum Gasteiger partial charge on any atom is 0.219 e. The average Bonchev–Trinajstić information content (AvgIpc) is 3.30. The van der Waals surface area contributed by atoms with E-state index < -0.39 is 0 Å². The van der Waals surface area contributed by atoms with Crippen molar-refractivity contribution in [1.29, 1.82) is 0 Å². The van der Waals surface area contributed by atoms with Crippen LogP contribution in [0.1, 0.15) is 6.92 Å². The molecule has 0 bridgehead atoms. The second-order valence-electron chi connectivity index (χ2n) is 7.04. The summed E-state index contributed by atoms with van der Waals surface area (Å²) >= 11 is 6.06. The number of hydrogen-bond donors (Lipinski definition) is 2. The van der Waals surface area contributed by atoms with Gasteiger partial charge >= 0.3 is 0 Å². The molecule has 7 nitrogen and oxygen atoms in total. The number of fused-ring (bicyclic) bond motifs is 2. The Morgan fingerprint density at radius 2 is 1.89 bits per heavy atom. The first-order chi connectivity index (χ1) is 13.6. The van der Waals surface area contributed by atoms with Gasteiger partial charge in [-0.25, -0.2) is 4.98 Å². The SMILES string of the molecule is CC(=O)N1CCN(c2ccc3nc(-c4n[nH]c5cc(Cl)ccc45)[nH]c3c2)CC1. The number of amides is 1. The van der Waals surface area contributed by atoms with Crippen molar-refractivity contribution in [2.24, 2.45) is 0 Å². The van der Waals surface area contributed by atoms with Gasteiger partial charge in [0.25, 0.3) is 0 Å². The van der Waals surface area contributed by atoms with E-state index in [0.29, 0.717) is 5.02 Å². The van der Waals surface area contributed by atoms with Crippen molar-refractivity contribution in [3.63, 3.8) is 0 Å². The zero-order chi connectivity index (χ0) is 19.3. The molecule has 4 aromatic rings. The third-order valence-electron chi connectivity index (χ3n) is 5.30. The van der Waals surface area contributed by atoms with E-state index in [1.165, 1.54) is 0 Å². The quantitative estimate of drug-likeness (QED) is 0.545. The zero-order valence-corrected chi connectivity index (χ0v) is 16.1. The van der Waals surface area contributed by atoms with E-state index in [9.17, 15) is 4.79 Å². The van der Waals surface area contributed by atoms with Gasteiger partial charge in [-0.05, 0) is 36.4 Å². The number of carbonyl (C=O) groups excluding carboxylic acids is 1. The highest BCUT2D eigenvalue weighted by molar-refractivity contribution is 6.31. The van der Waals surface area contributed by atoms with Crippen LogP contribution in [-0.4, -0.2) is 57.2 Å². The smallest absolute Gasteiger partial charge is 0.219 e. The van der Waals surface area contributed by atoms with Crippen molar-refractivity contribution < 1.29 is 4.79 Å². The van der Waals surface area contributed by atoms with Gasteiger partial charge in [0.05, 0.1) is 16.6 Å². The van der Waals surface area contributed by atoms with Crippen LogP contribution >= 0.6 is 11.6 Å². The summed E-state index contributed by atoms with van der Waals surface area (Å²) < 4.78 is 0. The maximum absolute atomic E-state index is 11.5. The maximum atomic E-state index is 11.5. The Morgan fingerprint density at radius 1 is 1.07 bits per heavy atom. The molecule has 0 spiro atoms. The number of aromatic amines is 2. The van der Waals surface area contributed by atoms with Crippen LogP contribution in [-0.2, 0) is 4.79 Å². The topological polar surface area (TPSA) is 80.9 Å². The van der Waals surface area contributed by atoms with Crippen molar-refractivity contribution in [2.75, 3.05) is 31.1 Å². The van der Waals surface area contributed by atoms with Crippen LogP contribution in [0.2, 0.25) is 5.02 Å². The zero-order valence-electron chi connectivity index (χ0n) is 15.4. The predicted molar refractivity (Wildman–Crippen MR) is 111 cm³/mol. The van der Waals surface area contributed by atoms with Crippen LogP contribution in [0.5, 0.6) is 0 Å². The summed E-state index contributed by atoms with van der Waals surface area (Å²) in [5.74, 6) is 0.864. The molecule has 0 atom stereocenters. The third kappa shape index (κ3) is 2.88. The number of aromatic nitrogens is 4. The van der Waals surface area contributed by atoms with E-state index in [2.05, 4.69) is 32.2 Å². The minimum atomic E-state index is 0.140. The molecule has 2 N–H and O–H groups in total. The molecule has 2 aromatic carbocycles. The number of piperazine rings is 1. The number of anilines is 1. The van der Waals surface area contributed by atoms with Crippen molar-refractivity contribution in [1.82, 2.24) is 25.1 Å². The Balaban J connectivity index is 1.46. The summed E-state index contributed by atoms with van der Waals surface area (Å²) in [6.45, 7) is 4.79. The van der Waals surface area contributed by atoms with Crippen LogP contribution in [0.4, 0.5) is 5.69 Å². The van der Waals surface area contributed by atoms with Gasteiger partial charge < -0.3 is 14.8 Å². The molecule has 8 heteroatoms. The summed E-state index contributed by atoms with van der Waals surface area (Å²) in [5, 5.41) is 9.07. The number of H-pyrrole nitrogens is 2. The van der Waals surface area contributed by atoms with Crippen molar-refractivity contribution in [3.8, 4) is 11.5 Å². The summed E-state index contributed by atoms with van der Waals surface area (Å²) in [6, 6.07) is 11.9. The average molecular weight is 395 g/mol. The lowest BCUT2D eigenvalue weighted by atomic mass is 10.2. The van der Waals surface area contributed by atoms with E-state index in [1.807, 2.05) is 29.2 Å². The van der Waals surface area contributed by atoms with Crippen LogP contribution in [0.25, 0.3) is 33.5 Å². The fourth-order valence-corrected chi connectivity index (χ4v) is 3.93. The number of nitrogens with zero attached hydrogens (tertiary/aromatic N) is 4. The second kappa shape index (κ2) is 6.53. The van der Waals surface area contributed by atoms with E-state index in [0.717, 1.165) is 65.3 Å². The Morgan fingerprint density at radius 3 is 2.68 bits per heavy atom. The number of nitrogens with one attached hydrogen (secondary N) is 2. The molecule has 2 aromatic heterocycles. The van der Waals surface area contributed by atoms with Gasteiger partial charge in [0.15, 0.2) is 5.82 Å². The second-order valence-corrected chi connectivity index (χ2v) is 7.48. The molecule has 0 radical (unpaired) electrons. The van der Waals surface area contributed by atoms with E-state index in [4.69, 9.17) is 16.6 Å². The van der Waals surface area contributed by atoms with Gasteiger partial charge in [-0.3, -0.25) is 9.89 Å². The van der Waals surface area contributed by atoms with Crippen molar-refractivity contribution >= 4 is 45.1 Å². The van der Waals surface area contributed by atoms with Gasteiger partial charge in [0, 0.05) is 49.2 Å². The largest absolute Gasteiger partial charge is 0.368 e. The van der Waals surface area contributed by atoms with Crippen molar-refractivity contribution in [3.05, 3.63) is 41.4 Å². The van der Waals surface area contributed by atoms with Crippen LogP contribution in [0.15, 0.2) is 36.4 Å². The molecule has 1 amide bonds. The number of imidazole rings is 1. The number of halogens is 1. The molecule has 0 saturated carbocycles. The Kier molecular flexibility index (Phi) is 3.98. The van der Waals surface area contributed by atoms with Gasteiger partial charge in [-0.2, -0.15) is 5.10 Å². The molecule has 1 fully saturated rings. The molecule has 3 heterocycles. The molecular formula is C20H19ClN6O. The lowest BCUT2D eigenvalue weighted by molar-refractivity contribution is -0.129. The minimum absolute atomic E-state index is 0.140. The summed E-state index contributed by atoms with van der Waals surface area (Å²) in [4.78, 5) is 23.8. The molecule has 1 aliphatic rings. The molecule has 0 unspecified atom stereocenters. The molecule has 28 heavy (non-hydrogen) atoms. The highest BCUT2D eigenvalue weighted by Gasteiger charge is 2.19. The van der Waals surface area contributed by atoms with Gasteiger partial charge in [0.1, 0.15) is 5.69 Å².